The van der Waals surface area contributed by atoms with Crippen molar-refractivity contribution in [3.05, 3.63) is 54.7 Å². The summed E-state index contributed by atoms with van der Waals surface area (Å²) in [7, 11) is 2.09. The van der Waals surface area contributed by atoms with Gasteiger partial charge in [0.25, 0.3) is 0 Å². The first-order valence-corrected chi connectivity index (χ1v) is 9.46. The van der Waals surface area contributed by atoms with Crippen LogP contribution in [0, 0.1) is 5.95 Å². The summed E-state index contributed by atoms with van der Waals surface area (Å²) in [6.45, 7) is 5.82. The molecule has 0 amide bonds. The number of hydrogen-bond donors (Lipinski definition) is 0. The third-order valence-electron chi connectivity index (χ3n) is 5.21. The first kappa shape index (κ1) is 20.4. The molecule has 28 heavy (non-hydrogen) atoms. The highest BCUT2D eigenvalue weighted by Crippen LogP contribution is 2.28. The van der Waals surface area contributed by atoms with Crippen molar-refractivity contribution in [3.8, 4) is 5.75 Å². The predicted molar refractivity (Wildman–Crippen MR) is 113 cm³/mol. The molecule has 0 saturated carbocycles. The Morgan fingerprint density at radius 2 is 1.89 bits per heavy atom. The van der Waals surface area contributed by atoms with Crippen LogP contribution in [-0.4, -0.2) is 53.8 Å². The van der Waals surface area contributed by atoms with Gasteiger partial charge in [0.15, 0.2) is 0 Å². The van der Waals surface area contributed by atoms with Crippen LogP contribution in [0.15, 0.2) is 48.8 Å². The van der Waals surface area contributed by atoms with Crippen molar-refractivity contribution in [1.29, 1.82) is 0 Å². The zero-order valence-corrected chi connectivity index (χ0v) is 16.9. The summed E-state index contributed by atoms with van der Waals surface area (Å²) in [4.78, 5) is 8.56. The highest BCUT2D eigenvalue weighted by Gasteiger charge is 2.18. The van der Waals surface area contributed by atoms with Gasteiger partial charge in [0.2, 0.25) is 5.95 Å². The molecule has 0 unspecified atom stereocenters. The van der Waals surface area contributed by atoms with E-state index in [4.69, 9.17) is 4.74 Å². The third-order valence-corrected chi connectivity index (χ3v) is 5.21. The van der Waals surface area contributed by atoms with Crippen molar-refractivity contribution < 1.29 is 9.13 Å². The zero-order valence-electron chi connectivity index (χ0n) is 16.1. The predicted octanol–water partition coefficient (Wildman–Crippen LogP) is 3.73. The molecule has 0 radical (unpaired) electrons. The van der Waals surface area contributed by atoms with Gasteiger partial charge in [0, 0.05) is 62.6 Å². The highest BCUT2D eigenvalue weighted by atomic mass is 35.5. The van der Waals surface area contributed by atoms with Crippen molar-refractivity contribution in [2.75, 3.05) is 44.2 Å². The Morgan fingerprint density at radius 1 is 1.07 bits per heavy atom. The topological polar surface area (TPSA) is 33.5 Å². The van der Waals surface area contributed by atoms with Gasteiger partial charge in [0.1, 0.15) is 5.75 Å². The largest absolute Gasteiger partial charge is 0.492 e. The van der Waals surface area contributed by atoms with E-state index in [1.807, 2.05) is 0 Å². The quantitative estimate of drug-likeness (QED) is 0.463. The van der Waals surface area contributed by atoms with E-state index in [9.17, 15) is 4.39 Å². The van der Waals surface area contributed by atoms with Crippen LogP contribution in [0.2, 0.25) is 0 Å². The number of halogens is 2. The van der Waals surface area contributed by atoms with Crippen LogP contribution >= 0.6 is 12.4 Å². The number of ether oxygens (including phenoxy) is 1. The Balaban J connectivity index is 0.00000225. The lowest BCUT2D eigenvalue weighted by atomic mass is 10.1. The molecule has 4 rings (SSSR count). The van der Waals surface area contributed by atoms with E-state index in [2.05, 4.69) is 56.9 Å². The van der Waals surface area contributed by atoms with Crippen molar-refractivity contribution in [3.63, 3.8) is 0 Å². The minimum atomic E-state index is -0.480. The molecule has 1 aromatic carbocycles. The fourth-order valence-corrected chi connectivity index (χ4v) is 3.70. The maximum Gasteiger partial charge on any atom is 0.213 e. The summed E-state index contributed by atoms with van der Waals surface area (Å²) < 4.78 is 20.6. The third kappa shape index (κ3) is 4.56. The highest BCUT2D eigenvalue weighted by molar-refractivity contribution is 5.93. The Bertz CT molecular complexity index is 891. The summed E-state index contributed by atoms with van der Waals surface area (Å²) >= 11 is 0. The molecular formula is C21H26ClFN4O. The molecule has 0 bridgehead atoms. The molecule has 150 valence electrons. The summed E-state index contributed by atoms with van der Waals surface area (Å²) in [6, 6.07) is 11.7. The molecule has 7 heteroatoms. The summed E-state index contributed by atoms with van der Waals surface area (Å²) in [5.41, 5.74) is 2.61. The Labute approximate surface area is 171 Å². The normalized spacial score (nSPS) is 14.9. The smallest absolute Gasteiger partial charge is 0.213 e. The van der Waals surface area contributed by atoms with Crippen molar-refractivity contribution >= 4 is 29.0 Å². The fourth-order valence-electron chi connectivity index (χ4n) is 3.70. The Hall–Kier alpha value is -2.31. The SMILES string of the molecule is Cl.Cn1ccc2c(N3CCN(CCCOc4ccc(F)nc4)CC3)cccc21. The molecule has 0 N–H and O–H groups in total. The number of benzene rings is 1. The fraction of sp³-hybridized carbons (Fsp3) is 0.381. The number of rotatable bonds is 6. The molecule has 0 atom stereocenters. The van der Waals surface area contributed by atoms with E-state index < -0.39 is 5.95 Å². The van der Waals surface area contributed by atoms with E-state index in [1.165, 1.54) is 28.9 Å². The average Bonchev–Trinajstić information content (AvgIpc) is 3.08. The molecule has 1 aliphatic heterocycles. The lowest BCUT2D eigenvalue weighted by molar-refractivity contribution is 0.224. The van der Waals surface area contributed by atoms with Gasteiger partial charge in [0.05, 0.1) is 12.8 Å². The average molecular weight is 405 g/mol. The molecule has 0 aliphatic carbocycles. The number of nitrogens with zero attached hydrogens (tertiary/aromatic N) is 4. The van der Waals surface area contributed by atoms with Gasteiger partial charge in [-0.25, -0.2) is 4.98 Å². The van der Waals surface area contributed by atoms with Crippen molar-refractivity contribution in [2.24, 2.45) is 7.05 Å². The van der Waals surface area contributed by atoms with Crippen LogP contribution in [0.25, 0.3) is 10.9 Å². The Morgan fingerprint density at radius 3 is 2.64 bits per heavy atom. The molecule has 3 aromatic rings. The minimum absolute atomic E-state index is 0. The summed E-state index contributed by atoms with van der Waals surface area (Å²) in [6.07, 6.45) is 4.50. The van der Waals surface area contributed by atoms with E-state index in [0.29, 0.717) is 12.4 Å². The van der Waals surface area contributed by atoms with Gasteiger partial charge in [-0.1, -0.05) is 6.07 Å². The molecule has 1 aliphatic rings. The van der Waals surface area contributed by atoms with Crippen LogP contribution in [0.3, 0.4) is 0 Å². The molecule has 1 fully saturated rings. The summed E-state index contributed by atoms with van der Waals surface area (Å²) in [5, 5.41) is 1.33. The van der Waals surface area contributed by atoms with E-state index in [0.717, 1.165) is 39.1 Å². The molecule has 3 heterocycles. The van der Waals surface area contributed by atoms with Gasteiger partial charge in [-0.05, 0) is 36.8 Å². The molecule has 0 spiro atoms. The van der Waals surface area contributed by atoms with E-state index in [-0.39, 0.29) is 12.4 Å². The van der Waals surface area contributed by atoms with Gasteiger partial charge in [-0.2, -0.15) is 4.39 Å². The number of anilines is 1. The number of hydrogen-bond acceptors (Lipinski definition) is 4. The van der Waals surface area contributed by atoms with Crippen LogP contribution in [0.4, 0.5) is 10.1 Å². The van der Waals surface area contributed by atoms with E-state index in [1.54, 1.807) is 6.07 Å². The van der Waals surface area contributed by atoms with Gasteiger partial charge in [-0.15, -0.1) is 12.4 Å². The molecule has 5 nitrogen and oxygen atoms in total. The number of aromatic nitrogens is 2. The van der Waals surface area contributed by atoms with Crippen LogP contribution < -0.4 is 9.64 Å². The van der Waals surface area contributed by atoms with Gasteiger partial charge >= 0.3 is 0 Å². The van der Waals surface area contributed by atoms with Crippen LogP contribution in [0.5, 0.6) is 5.75 Å². The van der Waals surface area contributed by atoms with Crippen LogP contribution in [0.1, 0.15) is 6.42 Å². The number of aryl methyl sites for hydroxylation is 1. The first-order valence-electron chi connectivity index (χ1n) is 9.46. The van der Waals surface area contributed by atoms with Crippen molar-refractivity contribution in [1.82, 2.24) is 14.5 Å². The number of piperazine rings is 1. The van der Waals surface area contributed by atoms with Crippen molar-refractivity contribution in [2.45, 2.75) is 6.42 Å². The van der Waals surface area contributed by atoms with E-state index >= 15 is 0 Å². The second-order valence-corrected chi connectivity index (χ2v) is 6.98. The Kier molecular flexibility index (Phi) is 6.75. The van der Waals surface area contributed by atoms with Gasteiger partial charge < -0.3 is 14.2 Å². The zero-order chi connectivity index (χ0) is 18.6. The second-order valence-electron chi connectivity index (χ2n) is 6.98. The number of fused-ring (bicyclic) bond motifs is 1. The lowest BCUT2D eigenvalue weighted by Gasteiger charge is -2.36. The van der Waals surface area contributed by atoms with Crippen LogP contribution in [-0.2, 0) is 7.05 Å². The second kappa shape index (κ2) is 9.26. The summed E-state index contributed by atoms with van der Waals surface area (Å²) in [5.74, 6) is 0.142. The van der Waals surface area contributed by atoms with Gasteiger partial charge in [-0.3, -0.25) is 4.90 Å². The molecule has 1 saturated heterocycles. The minimum Gasteiger partial charge on any atom is -0.492 e. The first-order chi connectivity index (χ1) is 13.2. The lowest BCUT2D eigenvalue weighted by Crippen LogP contribution is -2.46. The molecule has 2 aromatic heterocycles. The monoisotopic (exact) mass is 404 g/mol. The maximum atomic E-state index is 12.8. The molecular weight excluding hydrogens is 379 g/mol. The standard InChI is InChI=1S/C21H25FN4O.ClH/c1-24-10-8-18-19(24)4-2-5-20(18)26-13-11-25(12-14-26)9-3-15-27-17-6-7-21(22)23-16-17;/h2,4-8,10,16H,3,9,11-15H2,1H3;1H. The maximum absolute atomic E-state index is 12.8. The number of pyridine rings is 1.